The third-order valence-electron chi connectivity index (χ3n) is 3.55. The highest BCUT2D eigenvalue weighted by atomic mass is 19.1. The van der Waals surface area contributed by atoms with Crippen molar-refractivity contribution >= 4 is 5.91 Å². The van der Waals surface area contributed by atoms with Crippen molar-refractivity contribution in [1.29, 1.82) is 0 Å². The summed E-state index contributed by atoms with van der Waals surface area (Å²) in [6.07, 6.45) is 1.54. The lowest BCUT2D eigenvalue weighted by atomic mass is 9.95. The number of aryl methyl sites for hydroxylation is 1. The van der Waals surface area contributed by atoms with Crippen LogP contribution >= 0.6 is 0 Å². The van der Waals surface area contributed by atoms with Gasteiger partial charge in [0.1, 0.15) is 5.82 Å². The number of amides is 1. The van der Waals surface area contributed by atoms with Crippen molar-refractivity contribution < 1.29 is 13.6 Å². The van der Waals surface area contributed by atoms with E-state index < -0.39 is 5.41 Å². The van der Waals surface area contributed by atoms with Crippen LogP contribution in [-0.4, -0.2) is 16.1 Å². The third kappa shape index (κ3) is 2.29. The number of carbonyl (C=O) groups excluding carboxylic acids is 1. The number of carbonyl (C=O) groups is 1. The van der Waals surface area contributed by atoms with Crippen LogP contribution in [0.3, 0.4) is 0 Å². The Hall–Kier alpha value is -2.24. The lowest BCUT2D eigenvalue weighted by molar-refractivity contribution is -0.123. The minimum absolute atomic E-state index is 0.0834. The molecule has 0 saturated heterocycles. The van der Waals surface area contributed by atoms with Crippen LogP contribution in [0, 0.1) is 12.7 Å². The van der Waals surface area contributed by atoms with Gasteiger partial charge >= 0.3 is 0 Å². The number of benzene rings is 1. The van der Waals surface area contributed by atoms with Crippen LogP contribution in [-0.2, 0) is 16.8 Å². The molecule has 1 aliphatic carbocycles. The molecular formula is C14H14FN3O2. The standard InChI is InChI=1S/C14H14FN3O2/c1-9-17-18-12(20-9)8-16-13(19)14(6-7-14)10-2-4-11(15)5-3-10/h2-5H,6-8H2,1H3,(H,16,19). The van der Waals surface area contributed by atoms with E-state index in [2.05, 4.69) is 15.5 Å². The molecule has 3 rings (SSSR count). The summed E-state index contributed by atoms with van der Waals surface area (Å²) in [5.41, 5.74) is 0.320. The lowest BCUT2D eigenvalue weighted by Gasteiger charge is -2.14. The van der Waals surface area contributed by atoms with E-state index in [0.717, 1.165) is 18.4 Å². The van der Waals surface area contributed by atoms with Gasteiger partial charge in [-0.15, -0.1) is 10.2 Å². The molecule has 1 aromatic carbocycles. The van der Waals surface area contributed by atoms with Gasteiger partial charge in [-0.05, 0) is 30.5 Å². The fourth-order valence-corrected chi connectivity index (χ4v) is 2.27. The van der Waals surface area contributed by atoms with Gasteiger partial charge in [-0.25, -0.2) is 4.39 Å². The fourth-order valence-electron chi connectivity index (χ4n) is 2.27. The number of hydrogen-bond donors (Lipinski definition) is 1. The summed E-state index contributed by atoms with van der Waals surface area (Å²) < 4.78 is 18.1. The highest BCUT2D eigenvalue weighted by molar-refractivity contribution is 5.91. The number of rotatable bonds is 4. The molecule has 1 fully saturated rings. The minimum atomic E-state index is -0.525. The number of nitrogens with zero attached hydrogens (tertiary/aromatic N) is 2. The Morgan fingerprint density at radius 1 is 1.35 bits per heavy atom. The lowest BCUT2D eigenvalue weighted by Crippen LogP contribution is -2.34. The molecule has 1 saturated carbocycles. The van der Waals surface area contributed by atoms with Crippen molar-refractivity contribution in [2.24, 2.45) is 0 Å². The Morgan fingerprint density at radius 3 is 2.60 bits per heavy atom. The quantitative estimate of drug-likeness (QED) is 0.924. The first-order chi connectivity index (χ1) is 9.60. The molecule has 0 spiro atoms. The molecule has 0 unspecified atom stereocenters. The van der Waals surface area contributed by atoms with Crippen molar-refractivity contribution in [2.45, 2.75) is 31.7 Å². The fraction of sp³-hybridized carbons (Fsp3) is 0.357. The van der Waals surface area contributed by atoms with E-state index in [0.29, 0.717) is 11.8 Å². The van der Waals surface area contributed by atoms with E-state index in [-0.39, 0.29) is 18.3 Å². The summed E-state index contributed by atoms with van der Waals surface area (Å²) >= 11 is 0. The number of halogens is 1. The molecule has 6 heteroatoms. The smallest absolute Gasteiger partial charge is 0.235 e. The average molecular weight is 275 g/mol. The zero-order valence-electron chi connectivity index (χ0n) is 11.0. The SMILES string of the molecule is Cc1nnc(CNC(=O)C2(c3ccc(F)cc3)CC2)o1. The van der Waals surface area contributed by atoms with Crippen molar-refractivity contribution in [2.75, 3.05) is 0 Å². The van der Waals surface area contributed by atoms with Gasteiger partial charge < -0.3 is 9.73 Å². The first-order valence-corrected chi connectivity index (χ1v) is 6.43. The summed E-state index contributed by atoms with van der Waals surface area (Å²) in [6.45, 7) is 1.90. The predicted octanol–water partition coefficient (Wildman–Crippen LogP) is 1.87. The van der Waals surface area contributed by atoms with Gasteiger partial charge in [0, 0.05) is 6.92 Å². The predicted molar refractivity (Wildman–Crippen MR) is 68.2 cm³/mol. The Morgan fingerprint density at radius 2 is 2.05 bits per heavy atom. The molecule has 1 N–H and O–H groups in total. The molecule has 20 heavy (non-hydrogen) atoms. The van der Waals surface area contributed by atoms with E-state index in [1.54, 1.807) is 19.1 Å². The molecule has 0 bridgehead atoms. The number of aromatic nitrogens is 2. The van der Waals surface area contributed by atoms with Crippen LogP contribution < -0.4 is 5.32 Å². The maximum atomic E-state index is 12.9. The first-order valence-electron chi connectivity index (χ1n) is 6.43. The molecule has 5 nitrogen and oxygen atoms in total. The molecule has 1 amide bonds. The Balaban J connectivity index is 1.68. The van der Waals surface area contributed by atoms with Crippen LogP contribution in [0.4, 0.5) is 4.39 Å². The second-order valence-corrected chi connectivity index (χ2v) is 4.99. The molecular weight excluding hydrogens is 261 g/mol. The van der Waals surface area contributed by atoms with Crippen molar-refractivity contribution in [3.05, 3.63) is 47.4 Å². The molecule has 1 heterocycles. The molecule has 1 aliphatic rings. The molecule has 0 aliphatic heterocycles. The average Bonchev–Trinajstić information content (AvgIpc) is 3.15. The summed E-state index contributed by atoms with van der Waals surface area (Å²) in [7, 11) is 0. The summed E-state index contributed by atoms with van der Waals surface area (Å²) in [4.78, 5) is 12.3. The van der Waals surface area contributed by atoms with Gasteiger partial charge in [-0.3, -0.25) is 4.79 Å². The van der Waals surface area contributed by atoms with Crippen molar-refractivity contribution in [1.82, 2.24) is 15.5 Å². The van der Waals surface area contributed by atoms with Gasteiger partial charge in [-0.2, -0.15) is 0 Å². The van der Waals surface area contributed by atoms with Gasteiger partial charge in [-0.1, -0.05) is 12.1 Å². The summed E-state index contributed by atoms with van der Waals surface area (Å²) in [5.74, 6) is 0.464. The van der Waals surface area contributed by atoms with E-state index in [1.165, 1.54) is 12.1 Å². The molecule has 104 valence electrons. The molecule has 0 radical (unpaired) electrons. The highest BCUT2D eigenvalue weighted by Gasteiger charge is 2.51. The van der Waals surface area contributed by atoms with Crippen LogP contribution in [0.25, 0.3) is 0 Å². The Kier molecular flexibility index (Phi) is 3.00. The van der Waals surface area contributed by atoms with Gasteiger partial charge in [0.05, 0.1) is 12.0 Å². The normalized spacial score (nSPS) is 15.9. The van der Waals surface area contributed by atoms with Gasteiger partial charge in [0.15, 0.2) is 0 Å². The zero-order valence-corrected chi connectivity index (χ0v) is 11.0. The van der Waals surface area contributed by atoms with Crippen molar-refractivity contribution in [3.8, 4) is 0 Å². The zero-order chi connectivity index (χ0) is 14.2. The summed E-state index contributed by atoms with van der Waals surface area (Å²) in [6, 6.07) is 6.09. The monoisotopic (exact) mass is 275 g/mol. The number of nitrogens with one attached hydrogen (secondary N) is 1. The number of hydrogen-bond acceptors (Lipinski definition) is 4. The third-order valence-corrected chi connectivity index (χ3v) is 3.55. The second-order valence-electron chi connectivity index (χ2n) is 4.99. The Bertz CT molecular complexity index is 632. The van der Waals surface area contributed by atoms with E-state index >= 15 is 0 Å². The molecule has 2 aromatic rings. The maximum absolute atomic E-state index is 12.9. The van der Waals surface area contributed by atoms with Crippen LogP contribution in [0.2, 0.25) is 0 Å². The van der Waals surface area contributed by atoms with Gasteiger partial charge in [0.25, 0.3) is 0 Å². The Labute approximate surface area is 115 Å². The van der Waals surface area contributed by atoms with Gasteiger partial charge in [0.2, 0.25) is 17.7 Å². The van der Waals surface area contributed by atoms with Crippen LogP contribution in [0.1, 0.15) is 30.2 Å². The molecule has 1 aromatic heterocycles. The van der Waals surface area contributed by atoms with E-state index in [9.17, 15) is 9.18 Å². The summed E-state index contributed by atoms with van der Waals surface area (Å²) in [5, 5.41) is 10.3. The maximum Gasteiger partial charge on any atom is 0.235 e. The van der Waals surface area contributed by atoms with E-state index in [4.69, 9.17) is 4.42 Å². The highest BCUT2D eigenvalue weighted by Crippen LogP contribution is 2.48. The molecule has 0 atom stereocenters. The van der Waals surface area contributed by atoms with Crippen molar-refractivity contribution in [3.63, 3.8) is 0 Å². The van der Waals surface area contributed by atoms with Crippen LogP contribution in [0.15, 0.2) is 28.7 Å². The van der Waals surface area contributed by atoms with Crippen LogP contribution in [0.5, 0.6) is 0 Å². The largest absolute Gasteiger partial charge is 0.424 e. The second kappa shape index (κ2) is 4.70. The first kappa shape index (κ1) is 12.8. The van der Waals surface area contributed by atoms with E-state index in [1.807, 2.05) is 0 Å². The topological polar surface area (TPSA) is 68.0 Å². The minimum Gasteiger partial charge on any atom is -0.424 e.